The number of nitrogens with zero attached hydrogens (tertiary/aromatic N) is 2. The summed E-state index contributed by atoms with van der Waals surface area (Å²) < 4.78 is 15.7. The molecule has 2 aromatic carbocycles. The zero-order chi connectivity index (χ0) is 24.0. The lowest BCUT2D eigenvalue weighted by Gasteiger charge is -2.29. The summed E-state index contributed by atoms with van der Waals surface area (Å²) >= 11 is 11.1. The van der Waals surface area contributed by atoms with Gasteiger partial charge in [-0.2, -0.15) is 0 Å². The monoisotopic (exact) mass is 481 g/mol. The normalized spacial score (nSPS) is 15.4. The van der Waals surface area contributed by atoms with Gasteiger partial charge in [-0.05, 0) is 93.0 Å². The van der Waals surface area contributed by atoms with Crippen LogP contribution in [0.3, 0.4) is 0 Å². The molecule has 1 fully saturated rings. The number of rotatable bonds is 3. The summed E-state index contributed by atoms with van der Waals surface area (Å²) in [7, 11) is 0. The first-order valence-electron chi connectivity index (χ1n) is 10.2. The molecule has 168 valence electrons. The summed E-state index contributed by atoms with van der Waals surface area (Å²) in [5.74, 6) is -1.82. The van der Waals surface area contributed by atoms with Crippen molar-refractivity contribution in [1.29, 1.82) is 0 Å². The van der Waals surface area contributed by atoms with Crippen LogP contribution in [0.2, 0.25) is 5.02 Å². The van der Waals surface area contributed by atoms with Crippen LogP contribution in [0.5, 0.6) is 0 Å². The molecule has 0 spiro atoms. The van der Waals surface area contributed by atoms with Gasteiger partial charge in [-0.15, -0.1) is 0 Å². The fourth-order valence-corrected chi connectivity index (χ4v) is 4.41. The molecule has 1 aliphatic rings. The number of aromatic nitrogens is 1. The van der Waals surface area contributed by atoms with Crippen molar-refractivity contribution in [1.82, 2.24) is 9.88 Å². The molecule has 8 heteroatoms. The highest BCUT2D eigenvalue weighted by Gasteiger charge is 2.35. The van der Waals surface area contributed by atoms with Gasteiger partial charge < -0.3 is 4.57 Å². The predicted octanol–water partition coefficient (Wildman–Crippen LogP) is 5.33. The predicted molar refractivity (Wildman–Crippen MR) is 132 cm³/mol. The van der Waals surface area contributed by atoms with Crippen LogP contribution in [0.15, 0.2) is 48.0 Å². The van der Waals surface area contributed by atoms with Crippen LogP contribution in [-0.4, -0.2) is 21.5 Å². The van der Waals surface area contributed by atoms with Gasteiger partial charge in [0.2, 0.25) is 0 Å². The Morgan fingerprint density at radius 1 is 1.06 bits per heavy atom. The molecule has 33 heavy (non-hydrogen) atoms. The fourth-order valence-electron chi connectivity index (χ4n) is 3.95. The summed E-state index contributed by atoms with van der Waals surface area (Å²) in [6.07, 6.45) is 1.56. The first kappa shape index (κ1) is 22.9. The van der Waals surface area contributed by atoms with E-state index in [0.717, 1.165) is 39.2 Å². The van der Waals surface area contributed by atoms with Gasteiger partial charge in [0.1, 0.15) is 11.4 Å². The molecule has 4 rings (SSSR count). The summed E-state index contributed by atoms with van der Waals surface area (Å²) in [5.41, 5.74) is 6.13. The Balaban J connectivity index is 1.79. The number of hydrogen-bond acceptors (Lipinski definition) is 3. The molecule has 1 N–H and O–H groups in total. The summed E-state index contributed by atoms with van der Waals surface area (Å²) in [6, 6.07) is 11.8. The van der Waals surface area contributed by atoms with Crippen molar-refractivity contribution in [3.8, 4) is 5.69 Å². The lowest BCUT2D eigenvalue weighted by atomic mass is 10.1. The average molecular weight is 482 g/mol. The van der Waals surface area contributed by atoms with E-state index in [1.54, 1.807) is 6.08 Å². The van der Waals surface area contributed by atoms with E-state index < -0.39 is 17.6 Å². The van der Waals surface area contributed by atoms with E-state index in [1.807, 2.05) is 32.0 Å². The van der Waals surface area contributed by atoms with Gasteiger partial charge in [0.25, 0.3) is 11.8 Å². The third-order valence-electron chi connectivity index (χ3n) is 5.85. The molecule has 3 aromatic rings. The van der Waals surface area contributed by atoms with Crippen LogP contribution in [0.25, 0.3) is 11.8 Å². The number of aryl methyl sites for hydroxylation is 2. The Kier molecular flexibility index (Phi) is 5.95. The van der Waals surface area contributed by atoms with Crippen LogP contribution in [-0.2, 0) is 9.59 Å². The minimum absolute atomic E-state index is 0.0785. The summed E-state index contributed by atoms with van der Waals surface area (Å²) in [6.45, 7) is 8.03. The molecule has 2 heterocycles. The first-order valence-corrected chi connectivity index (χ1v) is 11.0. The van der Waals surface area contributed by atoms with Crippen LogP contribution < -0.4 is 10.2 Å². The minimum Gasteiger partial charge on any atom is -0.318 e. The van der Waals surface area contributed by atoms with Crippen molar-refractivity contribution in [3.63, 3.8) is 0 Å². The Morgan fingerprint density at radius 3 is 2.48 bits per heavy atom. The van der Waals surface area contributed by atoms with Crippen molar-refractivity contribution >= 4 is 52.5 Å². The fraction of sp³-hybridized carbons (Fsp3) is 0.160. The molecule has 1 saturated heterocycles. The molecule has 0 bridgehead atoms. The average Bonchev–Trinajstić information content (AvgIpc) is 3.03. The number of carbonyl (C=O) groups is 2. The summed E-state index contributed by atoms with van der Waals surface area (Å²) in [5, 5.41) is 2.30. The van der Waals surface area contributed by atoms with E-state index in [0.29, 0.717) is 0 Å². The maximum atomic E-state index is 13.6. The molecule has 1 aliphatic heterocycles. The van der Waals surface area contributed by atoms with Gasteiger partial charge in [0.05, 0.1) is 10.7 Å². The quantitative estimate of drug-likeness (QED) is 0.312. The second-order valence-electron chi connectivity index (χ2n) is 7.94. The SMILES string of the molecule is Cc1cccc(-n2c(C)cc(/C=C3\C(=O)NC(=S)N(c4ccc(F)c(Cl)c4)C3=O)c2C)c1C. The van der Waals surface area contributed by atoms with Crippen molar-refractivity contribution in [3.05, 3.63) is 87.0 Å². The zero-order valence-corrected chi connectivity index (χ0v) is 20.1. The maximum absolute atomic E-state index is 13.6. The smallest absolute Gasteiger partial charge is 0.270 e. The van der Waals surface area contributed by atoms with Crippen LogP contribution in [0.1, 0.15) is 28.1 Å². The molecule has 0 atom stereocenters. The van der Waals surface area contributed by atoms with E-state index in [-0.39, 0.29) is 21.4 Å². The van der Waals surface area contributed by atoms with Crippen LogP contribution in [0.4, 0.5) is 10.1 Å². The van der Waals surface area contributed by atoms with Crippen molar-refractivity contribution in [2.24, 2.45) is 0 Å². The van der Waals surface area contributed by atoms with Gasteiger partial charge in [-0.1, -0.05) is 23.7 Å². The molecular weight excluding hydrogens is 461 g/mol. The summed E-state index contributed by atoms with van der Waals surface area (Å²) in [4.78, 5) is 27.1. The van der Waals surface area contributed by atoms with Crippen LogP contribution >= 0.6 is 23.8 Å². The number of carbonyl (C=O) groups excluding carboxylic acids is 2. The van der Waals surface area contributed by atoms with Crippen molar-refractivity contribution < 1.29 is 14.0 Å². The van der Waals surface area contributed by atoms with E-state index >= 15 is 0 Å². The number of hydrogen-bond donors (Lipinski definition) is 1. The topological polar surface area (TPSA) is 54.3 Å². The second-order valence-corrected chi connectivity index (χ2v) is 8.73. The molecule has 1 aromatic heterocycles. The minimum atomic E-state index is -0.616. The maximum Gasteiger partial charge on any atom is 0.270 e. The standard InChI is InChI=1S/C25H21ClFN3O2S/c1-13-6-5-7-22(15(13)3)29-14(2)10-17(16(29)4)11-19-23(31)28-25(33)30(24(19)32)18-8-9-21(27)20(26)12-18/h5-12H,1-4H3,(H,28,31,33)/b19-11+. The van der Waals surface area contributed by atoms with Gasteiger partial charge in [-0.25, -0.2) is 4.39 Å². The van der Waals surface area contributed by atoms with E-state index in [9.17, 15) is 14.0 Å². The third-order valence-corrected chi connectivity index (χ3v) is 6.42. The lowest BCUT2D eigenvalue weighted by molar-refractivity contribution is -0.122. The van der Waals surface area contributed by atoms with Gasteiger partial charge >= 0.3 is 0 Å². The van der Waals surface area contributed by atoms with Gasteiger partial charge in [0, 0.05) is 17.1 Å². The number of anilines is 1. The first-order chi connectivity index (χ1) is 15.6. The van der Waals surface area contributed by atoms with Crippen molar-refractivity contribution in [2.45, 2.75) is 27.7 Å². The number of halogens is 2. The van der Waals surface area contributed by atoms with Crippen LogP contribution in [0, 0.1) is 33.5 Å². The molecule has 0 unspecified atom stereocenters. The largest absolute Gasteiger partial charge is 0.318 e. The highest BCUT2D eigenvalue weighted by Crippen LogP contribution is 2.29. The zero-order valence-electron chi connectivity index (χ0n) is 18.5. The highest BCUT2D eigenvalue weighted by molar-refractivity contribution is 7.80. The molecule has 5 nitrogen and oxygen atoms in total. The Hall–Kier alpha value is -3.29. The van der Waals surface area contributed by atoms with E-state index in [2.05, 4.69) is 29.8 Å². The van der Waals surface area contributed by atoms with E-state index in [1.165, 1.54) is 17.7 Å². The Bertz CT molecular complexity index is 1380. The Morgan fingerprint density at radius 2 is 1.79 bits per heavy atom. The molecule has 2 amide bonds. The molecule has 0 saturated carbocycles. The van der Waals surface area contributed by atoms with Gasteiger partial charge in [-0.3, -0.25) is 19.8 Å². The Labute approximate surface area is 201 Å². The second kappa shape index (κ2) is 8.57. The van der Waals surface area contributed by atoms with E-state index in [4.69, 9.17) is 23.8 Å². The molecule has 0 radical (unpaired) electrons. The molecular formula is C25H21ClFN3O2S. The number of nitrogens with one attached hydrogen (secondary N) is 1. The number of benzene rings is 2. The highest BCUT2D eigenvalue weighted by atomic mass is 35.5. The lowest BCUT2D eigenvalue weighted by Crippen LogP contribution is -2.54. The van der Waals surface area contributed by atoms with Gasteiger partial charge in [0.15, 0.2) is 5.11 Å². The van der Waals surface area contributed by atoms with Crippen molar-refractivity contribution in [2.75, 3.05) is 4.90 Å². The molecule has 0 aliphatic carbocycles. The number of thiocarbonyl (C=S) groups is 1. The third kappa shape index (κ3) is 3.98. The number of amides is 2.